The fourth-order valence-electron chi connectivity index (χ4n) is 2.02. The van der Waals surface area contributed by atoms with Crippen LogP contribution in [0.1, 0.15) is 30.0 Å². The van der Waals surface area contributed by atoms with Crippen LogP contribution in [0.2, 0.25) is 0 Å². The van der Waals surface area contributed by atoms with Crippen molar-refractivity contribution in [2.24, 2.45) is 5.92 Å². The summed E-state index contributed by atoms with van der Waals surface area (Å²) in [5, 5.41) is 3.28. The Morgan fingerprint density at radius 2 is 2.38 bits per heavy atom. The lowest BCUT2D eigenvalue weighted by Gasteiger charge is -2.29. The molecule has 1 heterocycles. The Morgan fingerprint density at radius 3 is 2.94 bits per heavy atom. The van der Waals surface area contributed by atoms with Gasteiger partial charge in [0.25, 0.3) is 0 Å². The molecule has 2 nitrogen and oxygen atoms in total. The quantitative estimate of drug-likeness (QED) is 0.729. The number of halogens is 1. The van der Waals surface area contributed by atoms with Gasteiger partial charge in [0.2, 0.25) is 0 Å². The minimum Gasteiger partial charge on any atom is -0.306 e. The second-order valence-corrected chi connectivity index (χ2v) is 5.89. The predicted octanol–water partition coefficient (Wildman–Crippen LogP) is 3.16. The van der Waals surface area contributed by atoms with Crippen LogP contribution in [0.4, 0.5) is 0 Å². The number of thiazole rings is 1. The Labute approximate surface area is 107 Å². The van der Waals surface area contributed by atoms with Gasteiger partial charge in [0, 0.05) is 24.9 Å². The average molecular weight is 259 g/mol. The fraction of sp³-hybridized carbons (Fsp3) is 0.750. The maximum absolute atomic E-state index is 5.73. The van der Waals surface area contributed by atoms with Crippen LogP contribution in [0, 0.1) is 5.92 Å². The van der Waals surface area contributed by atoms with Gasteiger partial charge in [-0.2, -0.15) is 0 Å². The Morgan fingerprint density at radius 1 is 1.56 bits per heavy atom. The zero-order valence-corrected chi connectivity index (χ0v) is 11.4. The molecule has 90 valence electrons. The van der Waals surface area contributed by atoms with Gasteiger partial charge in [-0.3, -0.25) is 0 Å². The van der Waals surface area contributed by atoms with E-state index in [0.29, 0.717) is 5.88 Å². The molecule has 0 amide bonds. The van der Waals surface area contributed by atoms with Crippen LogP contribution >= 0.6 is 22.9 Å². The van der Waals surface area contributed by atoms with Crippen LogP contribution in [-0.4, -0.2) is 30.0 Å². The summed E-state index contributed by atoms with van der Waals surface area (Å²) in [5.74, 6) is 1.49. The summed E-state index contributed by atoms with van der Waals surface area (Å²) in [6, 6.07) is 0. The van der Waals surface area contributed by atoms with E-state index in [1.807, 2.05) is 0 Å². The molecule has 0 saturated heterocycles. The first-order valence-electron chi connectivity index (χ1n) is 5.95. The Kier molecular flexibility index (Phi) is 4.62. The Balaban J connectivity index is 1.69. The third-order valence-electron chi connectivity index (χ3n) is 3.24. The lowest BCUT2D eigenvalue weighted by atomic mass is 9.85. The molecule has 4 heteroatoms. The van der Waals surface area contributed by atoms with Crippen LogP contribution in [0.5, 0.6) is 0 Å². The van der Waals surface area contributed by atoms with E-state index in [4.69, 9.17) is 11.6 Å². The van der Waals surface area contributed by atoms with Gasteiger partial charge in [0.15, 0.2) is 0 Å². The molecule has 1 aliphatic rings. The zero-order valence-electron chi connectivity index (χ0n) is 9.79. The molecule has 0 spiro atoms. The molecule has 1 fully saturated rings. The minimum atomic E-state index is 0.536. The molecule has 1 aliphatic carbocycles. The highest BCUT2D eigenvalue weighted by molar-refractivity contribution is 7.09. The van der Waals surface area contributed by atoms with Gasteiger partial charge in [-0.05, 0) is 25.8 Å². The zero-order chi connectivity index (χ0) is 11.4. The molecular formula is C12H19ClN2S. The van der Waals surface area contributed by atoms with Crippen LogP contribution < -0.4 is 0 Å². The summed E-state index contributed by atoms with van der Waals surface area (Å²) >= 11 is 7.46. The molecule has 0 aliphatic heterocycles. The van der Waals surface area contributed by atoms with Crippen molar-refractivity contribution in [3.05, 3.63) is 16.1 Å². The normalized spacial score (nSPS) is 16.7. The number of hydrogen-bond acceptors (Lipinski definition) is 3. The maximum atomic E-state index is 5.73. The highest BCUT2D eigenvalue weighted by atomic mass is 35.5. The summed E-state index contributed by atoms with van der Waals surface area (Å²) in [7, 11) is 2.22. The van der Waals surface area contributed by atoms with Crippen molar-refractivity contribution in [2.75, 3.05) is 20.1 Å². The van der Waals surface area contributed by atoms with Crippen LogP contribution in [-0.2, 0) is 12.3 Å². The molecule has 16 heavy (non-hydrogen) atoms. The standard InChI is InChI=1S/C12H19ClN2S/c1-15(8-10-3-2-4-10)6-5-12-14-11(7-13)9-16-12/h9-10H,2-8H2,1H3. The van der Waals surface area contributed by atoms with Gasteiger partial charge in [-0.15, -0.1) is 22.9 Å². The molecule has 0 unspecified atom stereocenters. The Bertz CT molecular complexity index is 323. The van der Waals surface area contributed by atoms with E-state index in [9.17, 15) is 0 Å². The molecule has 0 N–H and O–H groups in total. The Hall–Kier alpha value is -0.120. The fourth-order valence-corrected chi connectivity index (χ4v) is 3.03. The molecule has 0 atom stereocenters. The summed E-state index contributed by atoms with van der Waals surface area (Å²) in [6.07, 6.45) is 5.35. The van der Waals surface area contributed by atoms with Crippen molar-refractivity contribution in [3.8, 4) is 0 Å². The first kappa shape index (κ1) is 12.3. The number of rotatable bonds is 6. The molecule has 1 aromatic heterocycles. The largest absolute Gasteiger partial charge is 0.306 e. The average Bonchev–Trinajstić information content (AvgIpc) is 2.68. The highest BCUT2D eigenvalue weighted by Crippen LogP contribution is 2.26. The van der Waals surface area contributed by atoms with E-state index in [0.717, 1.165) is 24.6 Å². The van der Waals surface area contributed by atoms with Crippen molar-refractivity contribution in [2.45, 2.75) is 31.6 Å². The van der Waals surface area contributed by atoms with Crippen molar-refractivity contribution in [1.29, 1.82) is 0 Å². The number of alkyl halides is 1. The second kappa shape index (κ2) is 5.99. The van der Waals surface area contributed by atoms with E-state index in [-0.39, 0.29) is 0 Å². The number of nitrogens with zero attached hydrogens (tertiary/aromatic N) is 2. The van der Waals surface area contributed by atoms with E-state index in [1.165, 1.54) is 30.8 Å². The van der Waals surface area contributed by atoms with E-state index >= 15 is 0 Å². The monoisotopic (exact) mass is 258 g/mol. The lowest BCUT2D eigenvalue weighted by molar-refractivity contribution is 0.207. The molecular weight excluding hydrogens is 240 g/mol. The van der Waals surface area contributed by atoms with Crippen LogP contribution in [0.25, 0.3) is 0 Å². The first-order valence-corrected chi connectivity index (χ1v) is 7.37. The number of aromatic nitrogens is 1. The maximum Gasteiger partial charge on any atom is 0.0941 e. The highest BCUT2D eigenvalue weighted by Gasteiger charge is 2.18. The molecule has 1 aromatic rings. The third-order valence-corrected chi connectivity index (χ3v) is 4.47. The third kappa shape index (κ3) is 3.44. The van der Waals surface area contributed by atoms with Crippen molar-refractivity contribution >= 4 is 22.9 Å². The summed E-state index contributed by atoms with van der Waals surface area (Å²) < 4.78 is 0. The minimum absolute atomic E-state index is 0.536. The molecule has 0 radical (unpaired) electrons. The SMILES string of the molecule is CN(CCc1nc(CCl)cs1)CC1CCC1. The molecule has 0 aromatic carbocycles. The van der Waals surface area contributed by atoms with Gasteiger partial charge in [-0.25, -0.2) is 4.98 Å². The van der Waals surface area contributed by atoms with Crippen molar-refractivity contribution < 1.29 is 0 Å². The summed E-state index contributed by atoms with van der Waals surface area (Å²) in [6.45, 7) is 2.37. The molecule has 0 bridgehead atoms. The summed E-state index contributed by atoms with van der Waals surface area (Å²) in [4.78, 5) is 6.91. The van der Waals surface area contributed by atoms with Gasteiger partial charge >= 0.3 is 0 Å². The van der Waals surface area contributed by atoms with Crippen molar-refractivity contribution in [1.82, 2.24) is 9.88 Å². The summed E-state index contributed by atoms with van der Waals surface area (Å²) in [5.41, 5.74) is 1.02. The van der Waals surface area contributed by atoms with E-state index < -0.39 is 0 Å². The van der Waals surface area contributed by atoms with E-state index in [2.05, 4.69) is 22.3 Å². The van der Waals surface area contributed by atoms with Crippen LogP contribution in [0.3, 0.4) is 0 Å². The number of hydrogen-bond donors (Lipinski definition) is 0. The van der Waals surface area contributed by atoms with Crippen LogP contribution in [0.15, 0.2) is 5.38 Å². The molecule has 2 rings (SSSR count). The van der Waals surface area contributed by atoms with Gasteiger partial charge in [0.1, 0.15) is 0 Å². The molecule has 1 saturated carbocycles. The van der Waals surface area contributed by atoms with E-state index in [1.54, 1.807) is 11.3 Å². The van der Waals surface area contributed by atoms with Gasteiger partial charge in [0.05, 0.1) is 16.6 Å². The topological polar surface area (TPSA) is 16.1 Å². The van der Waals surface area contributed by atoms with Gasteiger partial charge in [-0.1, -0.05) is 6.42 Å². The first-order chi connectivity index (χ1) is 7.78. The number of likely N-dealkylation sites (N-methyl/N-ethyl adjacent to an activating group) is 1. The van der Waals surface area contributed by atoms with Gasteiger partial charge < -0.3 is 4.90 Å². The van der Waals surface area contributed by atoms with Crippen molar-refractivity contribution in [3.63, 3.8) is 0 Å². The predicted molar refractivity (Wildman–Crippen MR) is 70.2 cm³/mol. The smallest absolute Gasteiger partial charge is 0.0941 e. The lowest BCUT2D eigenvalue weighted by Crippen LogP contribution is -2.30. The second-order valence-electron chi connectivity index (χ2n) is 4.68.